The fourth-order valence-electron chi connectivity index (χ4n) is 1.40. The number of benzene rings is 1. The normalized spacial score (nSPS) is 17.9. The fraction of sp³-hybridized carbons (Fsp3) is 0.167. The van der Waals surface area contributed by atoms with Crippen LogP contribution in [0.4, 0.5) is 0 Å². The van der Waals surface area contributed by atoms with E-state index in [1.807, 2.05) is 0 Å². The van der Waals surface area contributed by atoms with Crippen LogP contribution < -0.4 is 5.32 Å². The van der Waals surface area contributed by atoms with E-state index in [0.29, 0.717) is 0 Å². The van der Waals surface area contributed by atoms with Crippen LogP contribution in [0.15, 0.2) is 35.2 Å². The summed E-state index contributed by atoms with van der Waals surface area (Å²) >= 11 is 11.7. The largest absolute Gasteiger partial charge is 0.331 e. The van der Waals surface area contributed by atoms with Crippen molar-refractivity contribution in [2.24, 2.45) is 0 Å². The summed E-state index contributed by atoms with van der Waals surface area (Å²) in [4.78, 5) is 1.82. The number of aryl methyl sites for hydroxylation is 1. The highest BCUT2D eigenvalue weighted by molar-refractivity contribution is 8.27. The van der Waals surface area contributed by atoms with Gasteiger partial charge in [-0.3, -0.25) is 0 Å². The molecule has 1 N–H and O–H groups in total. The third-order valence-corrected chi connectivity index (χ3v) is 3.97. The van der Waals surface area contributed by atoms with Gasteiger partial charge in [0.2, 0.25) is 0 Å². The number of rotatable bonds is 2. The van der Waals surface area contributed by atoms with Crippen LogP contribution in [0.3, 0.4) is 0 Å². The van der Waals surface area contributed by atoms with Gasteiger partial charge in [-0.05, 0) is 18.9 Å². The second-order valence-corrected chi connectivity index (χ2v) is 5.73. The van der Waals surface area contributed by atoms with Gasteiger partial charge in [-0.1, -0.05) is 72.1 Å². The van der Waals surface area contributed by atoms with Crippen molar-refractivity contribution in [1.29, 1.82) is 0 Å². The molecule has 16 heavy (non-hydrogen) atoms. The maximum absolute atomic E-state index is 5.17. The molecule has 1 heterocycles. The summed E-state index contributed by atoms with van der Waals surface area (Å²) in [5.74, 6) is 0. The average Bonchev–Trinajstić information content (AvgIpc) is 2.57. The van der Waals surface area contributed by atoms with Crippen LogP contribution in [0.1, 0.15) is 11.1 Å². The molecule has 1 aliphatic rings. The third kappa shape index (κ3) is 2.90. The van der Waals surface area contributed by atoms with Gasteiger partial charge in [0.25, 0.3) is 0 Å². The first-order chi connectivity index (χ1) is 7.65. The minimum Gasteiger partial charge on any atom is -0.331 e. The number of nitrogens with one attached hydrogen (secondary N) is 1. The van der Waals surface area contributed by atoms with E-state index in [0.717, 1.165) is 20.6 Å². The Balaban J connectivity index is 2.06. The highest BCUT2D eigenvalue weighted by atomic mass is 32.2. The molecule has 2 rings (SSSR count). The zero-order chi connectivity index (χ0) is 11.5. The Labute approximate surface area is 110 Å². The van der Waals surface area contributed by atoms with Crippen molar-refractivity contribution in [2.75, 3.05) is 0 Å². The zero-order valence-electron chi connectivity index (χ0n) is 8.82. The van der Waals surface area contributed by atoms with Crippen LogP contribution in [0, 0.1) is 6.92 Å². The summed E-state index contributed by atoms with van der Waals surface area (Å²) in [7, 11) is 0. The van der Waals surface area contributed by atoms with Gasteiger partial charge in [-0.15, -0.1) is 0 Å². The number of thioether (sulfide) groups is 1. The molecular weight excluding hydrogens is 254 g/mol. The van der Waals surface area contributed by atoms with E-state index in [-0.39, 0.29) is 0 Å². The summed E-state index contributed by atoms with van der Waals surface area (Å²) in [5.41, 5.74) is 2.57. The minimum atomic E-state index is 0.750. The van der Waals surface area contributed by atoms with E-state index in [4.69, 9.17) is 24.4 Å². The van der Waals surface area contributed by atoms with Crippen molar-refractivity contribution in [2.45, 2.75) is 13.3 Å². The molecule has 0 amide bonds. The van der Waals surface area contributed by atoms with Gasteiger partial charge in [0.1, 0.15) is 9.31 Å². The van der Waals surface area contributed by atoms with Gasteiger partial charge in [-0.2, -0.15) is 0 Å². The van der Waals surface area contributed by atoms with E-state index in [1.54, 1.807) is 0 Å². The van der Waals surface area contributed by atoms with Gasteiger partial charge < -0.3 is 5.32 Å². The second kappa shape index (κ2) is 5.08. The number of thiocarbonyl (C=S) groups is 2. The minimum absolute atomic E-state index is 0.750. The fourth-order valence-corrected chi connectivity index (χ4v) is 2.87. The monoisotopic (exact) mass is 265 g/mol. The molecule has 1 nitrogen and oxygen atoms in total. The Kier molecular flexibility index (Phi) is 3.74. The van der Waals surface area contributed by atoms with Crippen molar-refractivity contribution in [1.82, 2.24) is 5.32 Å². The second-order valence-electron chi connectivity index (χ2n) is 3.60. The molecule has 0 bridgehead atoms. The van der Waals surface area contributed by atoms with Crippen molar-refractivity contribution < 1.29 is 0 Å². The van der Waals surface area contributed by atoms with E-state index in [9.17, 15) is 0 Å². The molecule has 4 heteroatoms. The first kappa shape index (κ1) is 11.8. The lowest BCUT2D eigenvalue weighted by Crippen LogP contribution is -2.15. The molecule has 0 aromatic heterocycles. The Morgan fingerprint density at radius 2 is 1.94 bits per heavy atom. The molecule has 0 saturated carbocycles. The highest BCUT2D eigenvalue weighted by Gasteiger charge is 2.17. The first-order valence-corrected chi connectivity index (χ1v) is 6.57. The van der Waals surface area contributed by atoms with Crippen molar-refractivity contribution in [3.8, 4) is 0 Å². The van der Waals surface area contributed by atoms with Crippen LogP contribution in [-0.4, -0.2) is 9.31 Å². The quantitative estimate of drug-likeness (QED) is 0.649. The van der Waals surface area contributed by atoms with E-state index in [1.165, 1.54) is 22.9 Å². The number of allylic oxidation sites excluding steroid dienone is 1. The molecule has 1 aromatic rings. The molecule has 82 valence electrons. The van der Waals surface area contributed by atoms with E-state index < -0.39 is 0 Å². The predicted octanol–water partition coefficient (Wildman–Crippen LogP) is 3.37. The van der Waals surface area contributed by atoms with Crippen molar-refractivity contribution in [3.05, 3.63) is 46.4 Å². The maximum atomic E-state index is 5.17. The molecule has 1 aliphatic heterocycles. The first-order valence-electron chi connectivity index (χ1n) is 4.94. The Hall–Kier alpha value is -0.710. The topological polar surface area (TPSA) is 12.0 Å². The Morgan fingerprint density at radius 3 is 2.50 bits per heavy atom. The molecule has 0 unspecified atom stereocenters. The molecular formula is C12H11NS3. The van der Waals surface area contributed by atoms with Crippen LogP contribution in [0.5, 0.6) is 0 Å². The molecule has 1 saturated heterocycles. The van der Waals surface area contributed by atoms with Crippen LogP contribution in [0.2, 0.25) is 0 Å². The van der Waals surface area contributed by atoms with Gasteiger partial charge in [0.05, 0.1) is 0 Å². The summed E-state index contributed by atoms with van der Waals surface area (Å²) in [5, 5.41) is 2.97. The summed E-state index contributed by atoms with van der Waals surface area (Å²) < 4.78 is 0.750. The van der Waals surface area contributed by atoms with Gasteiger partial charge in [0, 0.05) is 4.91 Å². The Morgan fingerprint density at radius 1 is 1.25 bits per heavy atom. The molecule has 1 fully saturated rings. The molecule has 1 aromatic carbocycles. The molecule has 0 radical (unpaired) electrons. The summed E-state index contributed by atoms with van der Waals surface area (Å²) in [6.07, 6.45) is 3.02. The van der Waals surface area contributed by atoms with Crippen LogP contribution in [0.25, 0.3) is 0 Å². The standard InChI is InChI=1S/C12H11NS3/c1-8-2-4-9(5-3-8)6-7-10-11(14)13-12(15)16-10/h2-5,7H,6H2,1H3,(H,13,14,15). The molecule has 0 aliphatic carbocycles. The number of hydrogen-bond donors (Lipinski definition) is 1. The lowest BCUT2D eigenvalue weighted by atomic mass is 10.1. The van der Waals surface area contributed by atoms with Crippen molar-refractivity contribution >= 4 is 45.5 Å². The predicted molar refractivity (Wildman–Crippen MR) is 78.9 cm³/mol. The highest BCUT2D eigenvalue weighted by Crippen LogP contribution is 2.24. The zero-order valence-corrected chi connectivity index (χ0v) is 11.3. The third-order valence-electron chi connectivity index (χ3n) is 2.29. The molecule has 0 spiro atoms. The molecule has 0 atom stereocenters. The van der Waals surface area contributed by atoms with E-state index in [2.05, 4.69) is 42.6 Å². The Bertz CT molecular complexity index is 460. The van der Waals surface area contributed by atoms with Crippen molar-refractivity contribution in [3.63, 3.8) is 0 Å². The lowest BCUT2D eigenvalue weighted by molar-refractivity contribution is 1.25. The SMILES string of the molecule is Cc1ccc(CC=C2SC(=S)NC2=S)cc1. The van der Waals surface area contributed by atoms with Gasteiger partial charge >= 0.3 is 0 Å². The smallest absolute Gasteiger partial charge is 0.143 e. The lowest BCUT2D eigenvalue weighted by Gasteiger charge is -1.98. The summed E-state index contributed by atoms with van der Waals surface area (Å²) in [6.45, 7) is 2.09. The van der Waals surface area contributed by atoms with Crippen LogP contribution in [-0.2, 0) is 6.42 Å². The van der Waals surface area contributed by atoms with Gasteiger partial charge in [0.15, 0.2) is 0 Å². The average molecular weight is 265 g/mol. The number of hydrogen-bond acceptors (Lipinski definition) is 3. The van der Waals surface area contributed by atoms with Gasteiger partial charge in [-0.25, -0.2) is 0 Å². The maximum Gasteiger partial charge on any atom is 0.143 e. The summed E-state index contributed by atoms with van der Waals surface area (Å²) in [6, 6.07) is 8.52. The van der Waals surface area contributed by atoms with E-state index >= 15 is 0 Å². The van der Waals surface area contributed by atoms with Crippen LogP contribution >= 0.6 is 36.2 Å².